The molecule has 0 radical (unpaired) electrons. The molecule has 9 heteroatoms. The summed E-state index contributed by atoms with van der Waals surface area (Å²) in [5.74, 6) is 0.882. The Hall–Kier alpha value is -3.20. The monoisotopic (exact) mass is 454 g/mol. The second-order valence-electron chi connectivity index (χ2n) is 7.43. The first kappa shape index (κ1) is 22.0. The predicted molar refractivity (Wildman–Crippen MR) is 125 cm³/mol. The summed E-state index contributed by atoms with van der Waals surface area (Å²) in [5.41, 5.74) is 4.18. The first-order valence-corrected chi connectivity index (χ1v) is 11.6. The molecule has 8 nitrogen and oxygen atoms in total. The fraction of sp³-hybridized carbons (Fsp3) is 0.391. The molecule has 32 heavy (non-hydrogen) atoms. The van der Waals surface area contributed by atoms with Crippen molar-refractivity contribution in [1.29, 1.82) is 0 Å². The van der Waals surface area contributed by atoms with Gasteiger partial charge in [0.05, 0.1) is 31.1 Å². The quantitative estimate of drug-likeness (QED) is 0.416. The van der Waals surface area contributed by atoms with Crippen molar-refractivity contribution in [2.24, 2.45) is 5.10 Å². The molecule has 1 aliphatic rings. The Morgan fingerprint density at radius 3 is 2.81 bits per heavy atom. The minimum absolute atomic E-state index is 0.142. The maximum absolute atomic E-state index is 13.0. The van der Waals surface area contributed by atoms with Gasteiger partial charge >= 0.3 is 0 Å². The van der Waals surface area contributed by atoms with Crippen LogP contribution in [-0.4, -0.2) is 34.9 Å². The number of nitrogens with one attached hydrogen (secondary N) is 1. The zero-order valence-electron chi connectivity index (χ0n) is 18.2. The molecule has 2 aromatic heterocycles. The normalized spacial score (nSPS) is 13.3. The second kappa shape index (κ2) is 9.95. The summed E-state index contributed by atoms with van der Waals surface area (Å²) >= 11 is 1.59. The summed E-state index contributed by atoms with van der Waals surface area (Å²) in [4.78, 5) is 31.8. The molecular weight excluding hydrogens is 428 g/mol. The van der Waals surface area contributed by atoms with Crippen LogP contribution in [0.5, 0.6) is 11.5 Å². The van der Waals surface area contributed by atoms with Gasteiger partial charge in [-0.2, -0.15) is 5.10 Å². The molecule has 0 unspecified atom stereocenters. The summed E-state index contributed by atoms with van der Waals surface area (Å²) in [6.45, 7) is 4.72. The molecule has 0 atom stereocenters. The van der Waals surface area contributed by atoms with Gasteiger partial charge in [0.25, 0.3) is 11.5 Å². The molecular formula is C23H26N4O4S. The van der Waals surface area contributed by atoms with Crippen molar-refractivity contribution in [3.63, 3.8) is 0 Å². The van der Waals surface area contributed by atoms with Gasteiger partial charge in [-0.05, 0) is 68.9 Å². The van der Waals surface area contributed by atoms with Crippen LogP contribution in [-0.2, 0) is 24.2 Å². The molecule has 4 rings (SSSR count). The number of hydrogen-bond donors (Lipinski definition) is 1. The molecule has 0 spiro atoms. The molecule has 1 N–H and O–H groups in total. The molecule has 1 aromatic carbocycles. The first-order chi connectivity index (χ1) is 15.6. The number of carbonyl (C=O) groups is 1. The van der Waals surface area contributed by atoms with Gasteiger partial charge in [0.15, 0.2) is 11.5 Å². The molecule has 2 heterocycles. The van der Waals surface area contributed by atoms with Crippen LogP contribution in [0, 0.1) is 0 Å². The summed E-state index contributed by atoms with van der Waals surface area (Å²) in [6.07, 6.45) is 7.10. The largest absolute Gasteiger partial charge is 0.490 e. The zero-order valence-corrected chi connectivity index (χ0v) is 19.0. The van der Waals surface area contributed by atoms with E-state index in [0.717, 1.165) is 41.6 Å². The van der Waals surface area contributed by atoms with Gasteiger partial charge in [0.1, 0.15) is 11.4 Å². The Balaban J connectivity index is 1.45. The molecule has 0 aliphatic heterocycles. The summed E-state index contributed by atoms with van der Waals surface area (Å²) in [5, 5.41) is 4.68. The van der Waals surface area contributed by atoms with Crippen molar-refractivity contribution in [3.05, 3.63) is 50.9 Å². The molecule has 168 valence electrons. The minimum Gasteiger partial charge on any atom is -0.490 e. The van der Waals surface area contributed by atoms with E-state index < -0.39 is 5.91 Å². The van der Waals surface area contributed by atoms with Crippen molar-refractivity contribution in [2.75, 3.05) is 13.2 Å². The van der Waals surface area contributed by atoms with Crippen LogP contribution in [0.2, 0.25) is 0 Å². The number of aromatic nitrogens is 2. The van der Waals surface area contributed by atoms with Gasteiger partial charge in [0, 0.05) is 4.88 Å². The van der Waals surface area contributed by atoms with Gasteiger partial charge in [-0.15, -0.1) is 11.3 Å². The van der Waals surface area contributed by atoms with Crippen molar-refractivity contribution < 1.29 is 14.3 Å². The van der Waals surface area contributed by atoms with Crippen molar-refractivity contribution in [2.45, 2.75) is 46.1 Å². The van der Waals surface area contributed by atoms with Crippen LogP contribution in [0.1, 0.15) is 42.7 Å². The Morgan fingerprint density at radius 2 is 2.00 bits per heavy atom. The predicted octanol–water partition coefficient (Wildman–Crippen LogP) is 3.28. The lowest BCUT2D eigenvalue weighted by molar-refractivity contribution is -0.121. The van der Waals surface area contributed by atoms with E-state index in [2.05, 4.69) is 15.5 Å². The summed E-state index contributed by atoms with van der Waals surface area (Å²) < 4.78 is 12.5. The van der Waals surface area contributed by atoms with E-state index in [0.29, 0.717) is 30.1 Å². The van der Waals surface area contributed by atoms with Crippen molar-refractivity contribution >= 4 is 33.7 Å². The highest BCUT2D eigenvalue weighted by atomic mass is 32.1. The average molecular weight is 455 g/mol. The number of rotatable bonds is 8. The van der Waals surface area contributed by atoms with Gasteiger partial charge in [-0.3, -0.25) is 14.2 Å². The maximum atomic E-state index is 13.0. The lowest BCUT2D eigenvalue weighted by Gasteiger charge is -2.11. The summed E-state index contributed by atoms with van der Waals surface area (Å²) in [6, 6.07) is 5.43. The van der Waals surface area contributed by atoms with Gasteiger partial charge in [-0.25, -0.2) is 10.4 Å². The highest BCUT2D eigenvalue weighted by Gasteiger charge is 2.20. The number of carbonyl (C=O) groups excluding carboxylic acids is 1. The lowest BCUT2D eigenvalue weighted by Crippen LogP contribution is -2.30. The fourth-order valence-electron chi connectivity index (χ4n) is 3.81. The smallest absolute Gasteiger partial charge is 0.262 e. The van der Waals surface area contributed by atoms with E-state index in [4.69, 9.17) is 9.47 Å². The first-order valence-electron chi connectivity index (χ1n) is 10.8. The highest BCUT2D eigenvalue weighted by molar-refractivity contribution is 7.18. The lowest BCUT2D eigenvalue weighted by atomic mass is 9.97. The number of nitrogens with zero attached hydrogens (tertiary/aromatic N) is 3. The van der Waals surface area contributed by atoms with Crippen LogP contribution >= 0.6 is 11.3 Å². The van der Waals surface area contributed by atoms with Crippen LogP contribution < -0.4 is 20.5 Å². The fourth-order valence-corrected chi connectivity index (χ4v) is 5.03. The number of thiophene rings is 1. The Kier molecular flexibility index (Phi) is 6.84. The SMILES string of the molecule is CCOc1ccc(/C=N/NC(=O)Cn2cnc3sc4c(c3c2=O)CCCC4)cc1OCC. The van der Waals surface area contributed by atoms with E-state index in [9.17, 15) is 9.59 Å². The number of amides is 1. The highest BCUT2D eigenvalue weighted by Crippen LogP contribution is 2.33. The number of benzene rings is 1. The van der Waals surface area contributed by atoms with E-state index >= 15 is 0 Å². The molecule has 1 amide bonds. The molecule has 1 aliphatic carbocycles. The van der Waals surface area contributed by atoms with Crippen molar-refractivity contribution in [1.82, 2.24) is 15.0 Å². The number of aryl methyl sites for hydroxylation is 2. The van der Waals surface area contributed by atoms with Gasteiger partial charge in [-0.1, -0.05) is 0 Å². The molecule has 0 fully saturated rings. The molecule has 0 saturated carbocycles. The van der Waals surface area contributed by atoms with E-state index in [-0.39, 0.29) is 12.1 Å². The topological polar surface area (TPSA) is 94.8 Å². The zero-order chi connectivity index (χ0) is 22.5. The molecule has 0 saturated heterocycles. The van der Waals surface area contributed by atoms with Crippen LogP contribution in [0.3, 0.4) is 0 Å². The standard InChI is InChI=1S/C23H26N4O4S/c1-3-30-17-10-9-15(11-18(17)31-4-2)12-25-26-20(28)13-27-14-24-22-21(23(27)29)16-7-5-6-8-19(16)32-22/h9-12,14H,3-8,13H2,1-2H3,(H,26,28)/b25-12+. The molecule has 3 aromatic rings. The number of ether oxygens (including phenoxy) is 2. The second-order valence-corrected chi connectivity index (χ2v) is 8.52. The van der Waals surface area contributed by atoms with Crippen molar-refractivity contribution in [3.8, 4) is 11.5 Å². The minimum atomic E-state index is -0.399. The third-order valence-corrected chi connectivity index (χ3v) is 6.43. The van der Waals surface area contributed by atoms with E-state index in [1.807, 2.05) is 19.9 Å². The van der Waals surface area contributed by atoms with Gasteiger partial charge < -0.3 is 9.47 Å². The Labute approximate surface area is 189 Å². The number of fused-ring (bicyclic) bond motifs is 3. The maximum Gasteiger partial charge on any atom is 0.262 e. The Bertz CT molecular complexity index is 1210. The Morgan fingerprint density at radius 1 is 1.22 bits per heavy atom. The summed E-state index contributed by atoms with van der Waals surface area (Å²) in [7, 11) is 0. The third kappa shape index (κ3) is 4.67. The third-order valence-electron chi connectivity index (χ3n) is 5.23. The van der Waals surface area contributed by atoms with Crippen LogP contribution in [0.15, 0.2) is 34.4 Å². The average Bonchev–Trinajstić information content (AvgIpc) is 3.17. The van der Waals surface area contributed by atoms with Crippen LogP contribution in [0.4, 0.5) is 0 Å². The number of hydrogen-bond acceptors (Lipinski definition) is 7. The van der Waals surface area contributed by atoms with E-state index in [1.165, 1.54) is 22.0 Å². The molecule has 0 bridgehead atoms. The number of hydrazone groups is 1. The van der Waals surface area contributed by atoms with E-state index in [1.54, 1.807) is 23.5 Å². The van der Waals surface area contributed by atoms with Gasteiger partial charge in [0.2, 0.25) is 0 Å². The van der Waals surface area contributed by atoms with Crippen LogP contribution in [0.25, 0.3) is 10.2 Å².